The van der Waals surface area contributed by atoms with Gasteiger partial charge in [-0.15, -0.1) is 0 Å². The first-order valence-electron chi connectivity index (χ1n) is 5.33. The number of rotatable bonds is 4. The Hall–Kier alpha value is -1.81. The molecule has 1 heterocycles. The molecule has 2 aromatic rings. The maximum absolute atomic E-state index is 13.5. The fourth-order valence-electron chi connectivity index (χ4n) is 1.80. The van der Waals surface area contributed by atoms with Crippen molar-refractivity contribution in [3.05, 3.63) is 53.7 Å². The molecule has 17 heavy (non-hydrogen) atoms. The van der Waals surface area contributed by atoms with E-state index in [-0.39, 0.29) is 12.4 Å². The van der Waals surface area contributed by atoms with E-state index in [4.69, 9.17) is 4.42 Å². The monoisotopic (exact) mass is 235 g/mol. The molecule has 0 unspecified atom stereocenters. The van der Waals surface area contributed by atoms with Gasteiger partial charge in [-0.25, -0.2) is 4.39 Å². The Balaban J connectivity index is 2.24. The number of nitrogens with zero attached hydrogens (tertiary/aromatic N) is 1. The summed E-state index contributed by atoms with van der Waals surface area (Å²) in [6, 6.07) is 6.62. The summed E-state index contributed by atoms with van der Waals surface area (Å²) in [5.41, 5.74) is 2.01. The number of hydrogen-bond donors (Lipinski definition) is 1. The lowest BCUT2D eigenvalue weighted by Gasteiger charge is -2.21. The van der Waals surface area contributed by atoms with Crippen molar-refractivity contribution in [3.63, 3.8) is 0 Å². The van der Waals surface area contributed by atoms with Crippen LogP contribution in [0.25, 0.3) is 0 Å². The smallest absolute Gasteiger partial charge is 0.130 e. The number of aliphatic hydroxyl groups is 1. The van der Waals surface area contributed by atoms with E-state index in [2.05, 4.69) is 0 Å². The number of furan rings is 1. The van der Waals surface area contributed by atoms with E-state index in [1.54, 1.807) is 24.7 Å². The molecular weight excluding hydrogens is 221 g/mol. The minimum atomic E-state index is -0.385. The van der Waals surface area contributed by atoms with Crippen molar-refractivity contribution in [2.45, 2.75) is 13.2 Å². The number of anilines is 1. The predicted molar refractivity (Wildman–Crippen MR) is 63.1 cm³/mol. The molecule has 0 aliphatic heterocycles. The first kappa shape index (κ1) is 11.7. The van der Waals surface area contributed by atoms with E-state index in [1.807, 2.05) is 18.0 Å². The SMILES string of the molecule is CN(Cc1ccoc1)c1cccc(F)c1CO. The second-order valence-electron chi connectivity index (χ2n) is 3.88. The first-order valence-corrected chi connectivity index (χ1v) is 5.33. The van der Waals surface area contributed by atoms with Crippen molar-refractivity contribution < 1.29 is 13.9 Å². The standard InChI is InChI=1S/C13H14FNO2/c1-15(7-10-5-6-17-9-10)13-4-2-3-12(14)11(13)8-16/h2-6,9,16H,7-8H2,1H3. The van der Waals surface area contributed by atoms with E-state index in [1.165, 1.54) is 6.07 Å². The van der Waals surface area contributed by atoms with Crippen LogP contribution in [0.5, 0.6) is 0 Å². The molecule has 1 aromatic carbocycles. The summed E-state index contributed by atoms with van der Waals surface area (Å²) >= 11 is 0. The highest BCUT2D eigenvalue weighted by Crippen LogP contribution is 2.23. The van der Waals surface area contributed by atoms with E-state index < -0.39 is 0 Å². The van der Waals surface area contributed by atoms with Crippen LogP contribution in [0.3, 0.4) is 0 Å². The zero-order chi connectivity index (χ0) is 12.3. The third kappa shape index (κ3) is 2.47. The van der Waals surface area contributed by atoms with E-state index >= 15 is 0 Å². The Labute approximate surface area is 99.1 Å². The molecule has 0 aliphatic rings. The molecular formula is C13H14FNO2. The number of aliphatic hydroxyl groups excluding tert-OH is 1. The Morgan fingerprint density at radius 2 is 2.18 bits per heavy atom. The molecule has 1 aromatic heterocycles. The van der Waals surface area contributed by atoms with Crippen LogP contribution in [-0.4, -0.2) is 12.2 Å². The van der Waals surface area contributed by atoms with E-state index in [0.717, 1.165) is 5.56 Å². The van der Waals surface area contributed by atoms with Crippen molar-refractivity contribution in [2.24, 2.45) is 0 Å². The maximum Gasteiger partial charge on any atom is 0.130 e. The molecule has 0 radical (unpaired) electrons. The predicted octanol–water partition coefficient (Wildman–Crippen LogP) is 2.55. The van der Waals surface area contributed by atoms with Crippen molar-refractivity contribution in [2.75, 3.05) is 11.9 Å². The molecule has 3 nitrogen and oxygen atoms in total. The van der Waals surface area contributed by atoms with Crippen LogP contribution in [0.2, 0.25) is 0 Å². The molecule has 0 saturated carbocycles. The average molecular weight is 235 g/mol. The van der Waals surface area contributed by atoms with Crippen LogP contribution in [0.15, 0.2) is 41.2 Å². The van der Waals surface area contributed by atoms with Gasteiger partial charge in [-0.05, 0) is 18.2 Å². The quantitative estimate of drug-likeness (QED) is 0.884. The van der Waals surface area contributed by atoms with Crippen molar-refractivity contribution >= 4 is 5.69 Å². The lowest BCUT2D eigenvalue weighted by molar-refractivity contribution is 0.276. The highest BCUT2D eigenvalue weighted by Gasteiger charge is 2.11. The Morgan fingerprint density at radius 3 is 2.82 bits per heavy atom. The molecule has 0 amide bonds. The van der Waals surface area contributed by atoms with E-state index in [0.29, 0.717) is 17.8 Å². The summed E-state index contributed by atoms with van der Waals surface area (Å²) in [6.45, 7) is 0.296. The van der Waals surface area contributed by atoms with Gasteiger partial charge >= 0.3 is 0 Å². The Morgan fingerprint density at radius 1 is 1.35 bits per heavy atom. The van der Waals surface area contributed by atoms with Crippen LogP contribution < -0.4 is 4.90 Å². The second-order valence-corrected chi connectivity index (χ2v) is 3.88. The van der Waals surface area contributed by atoms with Gasteiger partial charge in [-0.3, -0.25) is 0 Å². The fraction of sp³-hybridized carbons (Fsp3) is 0.231. The Kier molecular flexibility index (Phi) is 3.44. The average Bonchev–Trinajstić information content (AvgIpc) is 2.81. The van der Waals surface area contributed by atoms with Crippen LogP contribution in [0.1, 0.15) is 11.1 Å². The van der Waals surface area contributed by atoms with Gasteiger partial charge in [0.2, 0.25) is 0 Å². The molecule has 2 rings (SSSR count). The van der Waals surface area contributed by atoms with Gasteiger partial charge in [0.25, 0.3) is 0 Å². The van der Waals surface area contributed by atoms with Crippen molar-refractivity contribution in [1.82, 2.24) is 0 Å². The molecule has 90 valence electrons. The van der Waals surface area contributed by atoms with Crippen molar-refractivity contribution in [3.8, 4) is 0 Å². The largest absolute Gasteiger partial charge is 0.472 e. The zero-order valence-corrected chi connectivity index (χ0v) is 9.56. The molecule has 0 aliphatic carbocycles. The normalized spacial score (nSPS) is 10.5. The topological polar surface area (TPSA) is 36.6 Å². The molecule has 0 spiro atoms. The van der Waals surface area contributed by atoms with Gasteiger partial charge in [0.1, 0.15) is 5.82 Å². The summed E-state index contributed by atoms with van der Waals surface area (Å²) < 4.78 is 18.5. The fourth-order valence-corrected chi connectivity index (χ4v) is 1.80. The van der Waals surface area contributed by atoms with Gasteiger partial charge < -0.3 is 14.4 Å². The second kappa shape index (κ2) is 5.01. The van der Waals surface area contributed by atoms with Gasteiger partial charge in [-0.1, -0.05) is 6.07 Å². The van der Waals surface area contributed by atoms with Crippen molar-refractivity contribution in [1.29, 1.82) is 0 Å². The van der Waals surface area contributed by atoms with Crippen LogP contribution >= 0.6 is 0 Å². The number of halogens is 1. The van der Waals surface area contributed by atoms with Gasteiger partial charge in [0, 0.05) is 30.4 Å². The summed E-state index contributed by atoms with van der Waals surface area (Å²) in [4.78, 5) is 1.87. The lowest BCUT2D eigenvalue weighted by Crippen LogP contribution is -2.18. The van der Waals surface area contributed by atoms with Gasteiger partial charge in [0.05, 0.1) is 19.1 Å². The summed E-state index contributed by atoms with van der Waals surface area (Å²) in [7, 11) is 1.85. The van der Waals surface area contributed by atoms with Crippen LogP contribution in [-0.2, 0) is 13.2 Å². The van der Waals surface area contributed by atoms with Gasteiger partial charge in [0.15, 0.2) is 0 Å². The third-order valence-corrected chi connectivity index (χ3v) is 2.66. The number of hydrogen-bond acceptors (Lipinski definition) is 3. The number of benzene rings is 1. The molecule has 0 atom stereocenters. The molecule has 0 bridgehead atoms. The molecule has 1 N–H and O–H groups in total. The maximum atomic E-state index is 13.5. The van der Waals surface area contributed by atoms with Gasteiger partial charge in [-0.2, -0.15) is 0 Å². The first-order chi connectivity index (χ1) is 8.22. The van der Waals surface area contributed by atoms with Crippen LogP contribution in [0, 0.1) is 5.82 Å². The zero-order valence-electron chi connectivity index (χ0n) is 9.56. The minimum Gasteiger partial charge on any atom is -0.472 e. The third-order valence-electron chi connectivity index (χ3n) is 2.66. The van der Waals surface area contributed by atoms with Crippen LogP contribution in [0.4, 0.5) is 10.1 Å². The Bertz CT molecular complexity index is 482. The molecule has 0 fully saturated rings. The summed E-state index contributed by atoms with van der Waals surface area (Å²) in [5, 5.41) is 9.19. The lowest BCUT2D eigenvalue weighted by atomic mass is 10.1. The molecule has 0 saturated heterocycles. The minimum absolute atomic E-state index is 0.308. The highest BCUT2D eigenvalue weighted by molar-refractivity contribution is 5.53. The van der Waals surface area contributed by atoms with E-state index in [9.17, 15) is 9.50 Å². The summed E-state index contributed by atoms with van der Waals surface area (Å²) in [6.07, 6.45) is 3.25. The molecule has 4 heteroatoms. The highest BCUT2D eigenvalue weighted by atomic mass is 19.1. The summed E-state index contributed by atoms with van der Waals surface area (Å²) in [5.74, 6) is -0.385.